The van der Waals surface area contributed by atoms with E-state index in [0.717, 1.165) is 31.4 Å². The third kappa shape index (κ3) is 11.9. The zero-order valence-corrected chi connectivity index (χ0v) is 30.4. The normalized spacial score (nSPS) is 25.7. The minimum absolute atomic E-state index is 0.0527. The lowest BCUT2D eigenvalue weighted by atomic mass is 10.0. The number of aliphatic hydroxyl groups excluding tert-OH is 2. The Kier molecular flexibility index (Phi) is 15.7. The Morgan fingerprint density at radius 1 is 0.981 bits per heavy atom. The number of aliphatic hydroxyl groups is 2. The first kappa shape index (κ1) is 40.5. The Morgan fingerprint density at radius 3 is 2.46 bits per heavy atom. The third-order valence-corrected chi connectivity index (χ3v) is 10.7. The number of rotatable bonds is 24. The van der Waals surface area contributed by atoms with Crippen molar-refractivity contribution >= 4 is 48.5 Å². The molecule has 3 saturated heterocycles. The number of anilines is 1. The lowest BCUT2D eigenvalue weighted by Gasteiger charge is -2.16. The summed E-state index contributed by atoms with van der Waals surface area (Å²) >= 11 is 1.89. The largest absolute Gasteiger partial charge is 0.469 e. The quantitative estimate of drug-likeness (QED) is 0.0384. The number of nitrogens with zero attached hydrogens (tertiary/aromatic N) is 4. The maximum Gasteiger partial charge on any atom is 0.469 e. The van der Waals surface area contributed by atoms with E-state index in [1.54, 1.807) is 0 Å². The molecule has 0 saturated carbocycles. The van der Waals surface area contributed by atoms with Gasteiger partial charge in [-0.2, -0.15) is 11.8 Å². The van der Waals surface area contributed by atoms with E-state index in [-0.39, 0.29) is 24.0 Å². The summed E-state index contributed by atoms with van der Waals surface area (Å²) in [4.78, 5) is 54.2. The van der Waals surface area contributed by atoms with Gasteiger partial charge in [0.05, 0.1) is 51.4 Å². The second kappa shape index (κ2) is 20.1. The molecule has 0 bridgehead atoms. The first-order valence-corrected chi connectivity index (χ1v) is 20.0. The van der Waals surface area contributed by atoms with Gasteiger partial charge in [0, 0.05) is 43.7 Å². The number of imidazole rings is 1. The number of hydrogen-bond acceptors (Lipinski definition) is 15. The van der Waals surface area contributed by atoms with Crippen LogP contribution >= 0.6 is 19.6 Å². The van der Waals surface area contributed by atoms with Crippen LogP contribution in [0.2, 0.25) is 0 Å². The van der Waals surface area contributed by atoms with Crippen molar-refractivity contribution in [3.8, 4) is 0 Å². The molecule has 0 spiro atoms. The molecular weight excluding hydrogens is 727 g/mol. The first-order chi connectivity index (χ1) is 25.1. The number of fused-ring (bicyclic) bond motifs is 2. The monoisotopic (exact) mass is 776 g/mol. The zero-order chi connectivity index (χ0) is 36.9. The van der Waals surface area contributed by atoms with Crippen molar-refractivity contribution in [1.29, 1.82) is 0 Å². The van der Waals surface area contributed by atoms with Gasteiger partial charge >= 0.3 is 13.9 Å². The molecule has 0 aromatic carbocycles. The number of phosphoric acid groups is 1. The van der Waals surface area contributed by atoms with Crippen LogP contribution in [0.4, 0.5) is 10.6 Å². The highest BCUT2D eigenvalue weighted by atomic mass is 32.2. The summed E-state index contributed by atoms with van der Waals surface area (Å²) in [5.74, 6) is 1.45. The molecule has 22 heteroatoms. The maximum atomic E-state index is 12.1. The fraction of sp³-hybridized carbons (Fsp3) is 0.767. The lowest BCUT2D eigenvalue weighted by molar-refractivity contribution is -0.121. The van der Waals surface area contributed by atoms with E-state index in [1.165, 1.54) is 17.2 Å². The molecule has 2 aromatic rings. The molecule has 3 aliphatic heterocycles. The van der Waals surface area contributed by atoms with Crippen LogP contribution in [-0.2, 0) is 32.8 Å². The highest BCUT2D eigenvalue weighted by Crippen LogP contribution is 2.39. The molecule has 0 radical (unpaired) electrons. The minimum Gasteiger partial charge on any atom is -0.387 e. The maximum absolute atomic E-state index is 12.1. The lowest BCUT2D eigenvalue weighted by Crippen LogP contribution is -2.36. The number of nitrogens with one attached hydrogen (secondary N) is 4. The highest BCUT2D eigenvalue weighted by molar-refractivity contribution is 8.00. The number of aromatic nitrogens is 4. The van der Waals surface area contributed by atoms with Gasteiger partial charge in [0.25, 0.3) is 0 Å². The first-order valence-electron chi connectivity index (χ1n) is 17.4. The van der Waals surface area contributed by atoms with Gasteiger partial charge in [0.2, 0.25) is 5.91 Å². The summed E-state index contributed by atoms with van der Waals surface area (Å²) in [6, 6.07) is 0.368. The van der Waals surface area contributed by atoms with Gasteiger partial charge in [-0.25, -0.2) is 24.3 Å². The summed E-state index contributed by atoms with van der Waals surface area (Å²) < 4.78 is 39.2. The van der Waals surface area contributed by atoms with Crippen LogP contribution in [0.15, 0.2) is 12.7 Å². The Balaban J connectivity index is 0.831. The van der Waals surface area contributed by atoms with Crippen LogP contribution in [0.3, 0.4) is 0 Å². The molecule has 20 nitrogen and oxygen atoms in total. The number of ether oxygens (including phenoxy) is 4. The SMILES string of the molecule is O=C(CCCC[C@@H]1SCC2NC(=O)NC21)NCCCOCCOCCOCCCNc1ncnc2c1ncn2[C@@H]1O[C@H](COP(=O)(O)O)[C@@H](O)[C@H]1O. The number of carbonyl (C=O) groups is 2. The number of urea groups is 1. The van der Waals surface area contributed by atoms with Gasteiger partial charge in [0.1, 0.15) is 24.6 Å². The summed E-state index contributed by atoms with van der Waals surface area (Å²) in [6.07, 6.45) is 2.21. The summed E-state index contributed by atoms with van der Waals surface area (Å²) in [5, 5.41) is 33.3. The average Bonchev–Trinajstić information content (AvgIpc) is 3.87. The third-order valence-electron chi connectivity index (χ3n) is 8.75. The Bertz CT molecular complexity index is 1490. The van der Waals surface area contributed by atoms with E-state index in [4.69, 9.17) is 28.7 Å². The molecule has 0 aliphatic carbocycles. The van der Waals surface area contributed by atoms with Gasteiger partial charge in [-0.1, -0.05) is 6.42 Å². The second-order valence-electron chi connectivity index (χ2n) is 12.6. The van der Waals surface area contributed by atoms with Crippen molar-refractivity contribution in [2.75, 3.05) is 70.4 Å². The van der Waals surface area contributed by atoms with E-state index in [2.05, 4.69) is 40.7 Å². The van der Waals surface area contributed by atoms with E-state index < -0.39 is 39.0 Å². The molecule has 3 fully saturated rings. The standard InChI is InChI=1S/C30H49N8O12PS/c39-22(6-2-1-5-21-23-19(16-52-21)36-30(42)37-23)31-7-3-9-46-11-13-48-14-12-47-10-4-8-32-27-24-28(34-17-33-27)38(18-35-24)29-26(41)25(40)20(50-29)15-49-51(43,44)45/h17-21,23,25-26,29,40-41H,1-16H2,(H,31,39)(H,32,33,34)(H2,36,37,42)(H2,43,44,45)/t19?,20-,21+,23?,25-,26-,29-/m1/s1. The van der Waals surface area contributed by atoms with Crippen molar-refractivity contribution in [1.82, 2.24) is 35.5 Å². The Labute approximate surface area is 304 Å². The smallest absolute Gasteiger partial charge is 0.387 e. The topological polar surface area (TPSA) is 270 Å². The number of unbranched alkanes of at least 4 members (excludes halogenated alkanes) is 1. The molecule has 8 N–H and O–H groups in total. The number of hydrogen-bond donors (Lipinski definition) is 8. The van der Waals surface area contributed by atoms with E-state index in [9.17, 15) is 24.4 Å². The molecule has 2 unspecified atom stereocenters. The number of thioether (sulfide) groups is 1. The van der Waals surface area contributed by atoms with Crippen LogP contribution in [0, 0.1) is 0 Å². The van der Waals surface area contributed by atoms with E-state index >= 15 is 0 Å². The molecule has 7 atom stereocenters. The van der Waals surface area contributed by atoms with Crippen molar-refractivity contribution < 1.29 is 57.6 Å². The fourth-order valence-electron chi connectivity index (χ4n) is 6.12. The van der Waals surface area contributed by atoms with Crippen LogP contribution in [-0.4, -0.2) is 152 Å². The molecule has 3 amide bonds. The van der Waals surface area contributed by atoms with Gasteiger partial charge in [-0.15, -0.1) is 0 Å². The van der Waals surface area contributed by atoms with Gasteiger partial charge in [-0.3, -0.25) is 13.9 Å². The number of phosphoric ester groups is 1. The zero-order valence-electron chi connectivity index (χ0n) is 28.7. The van der Waals surface area contributed by atoms with Crippen LogP contribution in [0.5, 0.6) is 0 Å². The van der Waals surface area contributed by atoms with Crippen LogP contribution < -0.4 is 21.3 Å². The Hall–Kier alpha value is -2.69. The molecule has 52 heavy (non-hydrogen) atoms. The summed E-state index contributed by atoms with van der Waals surface area (Å²) in [5.41, 5.74) is 0.730. The van der Waals surface area contributed by atoms with Crippen LogP contribution in [0.1, 0.15) is 44.8 Å². The average molecular weight is 777 g/mol. The summed E-state index contributed by atoms with van der Waals surface area (Å²) in [7, 11) is -4.79. The Morgan fingerprint density at radius 2 is 1.71 bits per heavy atom. The number of amides is 3. The van der Waals surface area contributed by atoms with Crippen LogP contribution in [0.25, 0.3) is 11.2 Å². The van der Waals surface area contributed by atoms with Crippen molar-refractivity contribution in [2.24, 2.45) is 0 Å². The predicted octanol–water partition coefficient (Wildman–Crippen LogP) is -0.361. The second-order valence-corrected chi connectivity index (χ2v) is 15.1. The number of carbonyl (C=O) groups excluding carboxylic acids is 2. The highest BCUT2D eigenvalue weighted by Gasteiger charge is 2.45. The van der Waals surface area contributed by atoms with Crippen molar-refractivity contribution in [2.45, 2.75) is 80.4 Å². The molecule has 2 aromatic heterocycles. The van der Waals surface area contributed by atoms with Crippen molar-refractivity contribution in [3.63, 3.8) is 0 Å². The van der Waals surface area contributed by atoms with Gasteiger partial charge in [0.15, 0.2) is 23.2 Å². The molecular formula is C30H49N8O12PS. The van der Waals surface area contributed by atoms with E-state index in [1.807, 2.05) is 11.8 Å². The van der Waals surface area contributed by atoms with E-state index in [0.29, 0.717) is 87.8 Å². The summed E-state index contributed by atoms with van der Waals surface area (Å²) in [6.45, 7) is 3.25. The minimum atomic E-state index is -4.79. The van der Waals surface area contributed by atoms with Crippen molar-refractivity contribution in [3.05, 3.63) is 12.7 Å². The molecule has 292 valence electrons. The van der Waals surface area contributed by atoms with Gasteiger partial charge in [-0.05, 0) is 25.7 Å². The predicted molar refractivity (Wildman–Crippen MR) is 186 cm³/mol. The fourth-order valence-corrected chi connectivity index (χ4v) is 8.01. The molecule has 3 aliphatic rings. The molecule has 5 heterocycles. The van der Waals surface area contributed by atoms with Gasteiger partial charge < -0.3 is 60.2 Å². The molecule has 5 rings (SSSR count).